The lowest BCUT2D eigenvalue weighted by molar-refractivity contribution is -0.170. The molecule has 1 atom stereocenters. The summed E-state index contributed by atoms with van der Waals surface area (Å²) in [4.78, 5) is 53.7. The summed E-state index contributed by atoms with van der Waals surface area (Å²) < 4.78 is 18.5. The van der Waals surface area contributed by atoms with Gasteiger partial charge in [0.25, 0.3) is 5.56 Å². The van der Waals surface area contributed by atoms with Crippen LogP contribution in [0.3, 0.4) is 0 Å². The molecule has 0 saturated carbocycles. The number of furan rings is 1. The van der Waals surface area contributed by atoms with Gasteiger partial charge in [-0.1, -0.05) is 47.7 Å². The highest BCUT2D eigenvalue weighted by atomic mass is 16.6. The van der Waals surface area contributed by atoms with Crippen LogP contribution in [-0.4, -0.2) is 38.1 Å². The Hall–Kier alpha value is -5.12. The smallest absolute Gasteiger partial charge is 0.320 e. The highest BCUT2D eigenvalue weighted by Crippen LogP contribution is 2.35. The lowest BCUT2D eigenvalue weighted by atomic mass is 9.75. The number of aromatic nitrogens is 3. The van der Waals surface area contributed by atoms with Crippen molar-refractivity contribution in [3.63, 3.8) is 0 Å². The van der Waals surface area contributed by atoms with Crippen molar-refractivity contribution in [3.05, 3.63) is 101 Å². The third-order valence-corrected chi connectivity index (χ3v) is 7.32. The molecule has 10 nitrogen and oxygen atoms in total. The molecule has 0 aliphatic rings. The van der Waals surface area contributed by atoms with E-state index in [0.29, 0.717) is 34.2 Å². The van der Waals surface area contributed by atoms with E-state index in [1.165, 1.54) is 6.92 Å². The molecule has 10 heteroatoms. The van der Waals surface area contributed by atoms with Crippen LogP contribution < -0.4 is 10.3 Å². The Labute approximate surface area is 253 Å². The first-order valence-corrected chi connectivity index (χ1v) is 14.3. The molecular weight excluding hydrogens is 562 g/mol. The van der Waals surface area contributed by atoms with Gasteiger partial charge in [0.05, 0.1) is 5.39 Å². The molecule has 0 saturated heterocycles. The number of Topliss-reactive ketones (excluding diaryl/α,β-unsaturated/α-hetero) is 2. The second-order valence-corrected chi connectivity index (χ2v) is 11.7. The van der Waals surface area contributed by atoms with Crippen molar-refractivity contribution in [1.82, 2.24) is 15.0 Å². The number of nitrogens with zero attached hydrogens (tertiary/aromatic N) is 3. The lowest BCUT2D eigenvalue weighted by Crippen LogP contribution is -2.45. The summed E-state index contributed by atoms with van der Waals surface area (Å²) >= 11 is 0. The zero-order chi connectivity index (χ0) is 31.5. The fraction of sp³-hybridized carbons (Fsp3) is 0.294. The van der Waals surface area contributed by atoms with Gasteiger partial charge in [-0.15, -0.1) is 5.10 Å². The Morgan fingerprint density at radius 3 is 2.39 bits per heavy atom. The third kappa shape index (κ3) is 6.59. The number of esters is 1. The standard InChI is InChI=1S/C34H33N3O7/c1-22(38)34(32(41)44-33(2,3)4,16-17-37-31(40)26-12-8-9-13-27(26)35-36-37)20-28(39)30-19-24-18-25(14-15-29(24)43-30)42-21-23-10-6-5-7-11-23/h5-15,18-19H,16-17,20-21H2,1-4H3. The number of fused-ring (bicyclic) bond motifs is 2. The minimum Gasteiger partial charge on any atom is -0.489 e. The van der Waals surface area contributed by atoms with Crippen molar-refractivity contribution in [2.45, 2.75) is 59.3 Å². The van der Waals surface area contributed by atoms with Crippen molar-refractivity contribution < 1.29 is 28.3 Å². The van der Waals surface area contributed by atoms with Crippen LogP contribution in [0.5, 0.6) is 5.75 Å². The van der Waals surface area contributed by atoms with Gasteiger partial charge in [-0.2, -0.15) is 0 Å². The fourth-order valence-electron chi connectivity index (χ4n) is 4.90. The summed E-state index contributed by atoms with van der Waals surface area (Å²) in [6, 6.07) is 23.2. The molecule has 0 spiro atoms. The molecule has 5 rings (SSSR count). The zero-order valence-electron chi connectivity index (χ0n) is 25.0. The molecule has 5 aromatic rings. The minimum atomic E-state index is -1.90. The van der Waals surface area contributed by atoms with Crippen LogP contribution in [0.15, 0.2) is 88.1 Å². The second kappa shape index (κ2) is 12.2. The van der Waals surface area contributed by atoms with Gasteiger partial charge in [0.2, 0.25) is 0 Å². The van der Waals surface area contributed by atoms with Gasteiger partial charge < -0.3 is 13.9 Å². The van der Waals surface area contributed by atoms with Crippen LogP contribution in [0.1, 0.15) is 56.7 Å². The van der Waals surface area contributed by atoms with Crippen LogP contribution in [0.2, 0.25) is 0 Å². The van der Waals surface area contributed by atoms with Crippen molar-refractivity contribution in [2.75, 3.05) is 0 Å². The number of ether oxygens (including phenoxy) is 2. The first-order chi connectivity index (χ1) is 20.9. The maximum Gasteiger partial charge on any atom is 0.320 e. The highest BCUT2D eigenvalue weighted by molar-refractivity contribution is 6.09. The van der Waals surface area contributed by atoms with Crippen LogP contribution in [0.4, 0.5) is 0 Å². The quantitative estimate of drug-likeness (QED) is 0.107. The molecule has 1 unspecified atom stereocenters. The van der Waals surface area contributed by atoms with Gasteiger partial charge in [-0.3, -0.25) is 19.2 Å². The van der Waals surface area contributed by atoms with E-state index in [4.69, 9.17) is 13.9 Å². The van der Waals surface area contributed by atoms with E-state index < -0.39 is 40.5 Å². The number of carbonyl (C=O) groups excluding carboxylic acids is 3. The van der Waals surface area contributed by atoms with Gasteiger partial charge in [-0.05, 0) is 76.1 Å². The molecule has 0 amide bonds. The minimum absolute atomic E-state index is 0.0166. The van der Waals surface area contributed by atoms with E-state index in [-0.39, 0.29) is 18.7 Å². The second-order valence-electron chi connectivity index (χ2n) is 11.7. The molecule has 226 valence electrons. The number of benzene rings is 3. The molecule has 3 aromatic carbocycles. The molecule has 0 N–H and O–H groups in total. The van der Waals surface area contributed by atoms with E-state index in [2.05, 4.69) is 10.3 Å². The van der Waals surface area contributed by atoms with E-state index in [0.717, 1.165) is 10.2 Å². The summed E-state index contributed by atoms with van der Waals surface area (Å²) in [5.74, 6) is -1.42. The van der Waals surface area contributed by atoms with Gasteiger partial charge in [-0.25, -0.2) is 4.68 Å². The Balaban J connectivity index is 1.42. The Kier molecular flexibility index (Phi) is 8.44. The molecular formula is C34H33N3O7. The molecule has 2 heterocycles. The fourth-order valence-corrected chi connectivity index (χ4v) is 4.90. The van der Waals surface area contributed by atoms with Crippen LogP contribution in [-0.2, 0) is 27.5 Å². The zero-order valence-corrected chi connectivity index (χ0v) is 25.0. The summed E-state index contributed by atoms with van der Waals surface area (Å²) in [6.07, 6.45) is -0.738. The van der Waals surface area contributed by atoms with E-state index in [1.807, 2.05) is 30.3 Å². The average molecular weight is 596 g/mol. The molecule has 2 aromatic heterocycles. The van der Waals surface area contributed by atoms with Gasteiger partial charge >= 0.3 is 5.97 Å². The number of aryl methyl sites for hydroxylation is 1. The van der Waals surface area contributed by atoms with Gasteiger partial charge in [0.1, 0.15) is 40.3 Å². The van der Waals surface area contributed by atoms with E-state index >= 15 is 0 Å². The Bertz CT molecular complexity index is 1900. The normalized spacial score (nSPS) is 13.0. The number of hydrogen-bond donors (Lipinski definition) is 0. The number of hydrogen-bond acceptors (Lipinski definition) is 9. The highest BCUT2D eigenvalue weighted by Gasteiger charge is 2.48. The van der Waals surface area contributed by atoms with Crippen LogP contribution >= 0.6 is 0 Å². The van der Waals surface area contributed by atoms with Crippen molar-refractivity contribution in [3.8, 4) is 5.75 Å². The number of ketones is 2. The monoisotopic (exact) mass is 595 g/mol. The van der Waals surface area contributed by atoms with Crippen LogP contribution in [0, 0.1) is 5.41 Å². The predicted octanol–water partition coefficient (Wildman–Crippen LogP) is 5.70. The number of carbonyl (C=O) groups is 3. The predicted molar refractivity (Wildman–Crippen MR) is 163 cm³/mol. The SMILES string of the molecule is CC(=O)C(CCn1nnc2ccccc2c1=O)(CC(=O)c1cc2cc(OCc3ccccc3)ccc2o1)C(=O)OC(C)(C)C. The molecule has 0 aliphatic carbocycles. The molecule has 44 heavy (non-hydrogen) atoms. The van der Waals surface area contributed by atoms with Gasteiger partial charge in [0.15, 0.2) is 11.5 Å². The van der Waals surface area contributed by atoms with Crippen LogP contribution in [0.25, 0.3) is 21.9 Å². The molecule has 0 radical (unpaired) electrons. The first-order valence-electron chi connectivity index (χ1n) is 14.3. The maximum absolute atomic E-state index is 13.7. The van der Waals surface area contributed by atoms with Gasteiger partial charge in [0, 0.05) is 18.4 Å². The summed E-state index contributed by atoms with van der Waals surface area (Å²) in [5, 5.41) is 9.04. The molecule has 0 fully saturated rings. The van der Waals surface area contributed by atoms with Crippen molar-refractivity contribution >= 4 is 39.4 Å². The third-order valence-electron chi connectivity index (χ3n) is 7.32. The number of rotatable bonds is 11. The summed E-state index contributed by atoms with van der Waals surface area (Å²) in [5.41, 5.74) is -1.38. The van der Waals surface area contributed by atoms with Crippen molar-refractivity contribution in [1.29, 1.82) is 0 Å². The average Bonchev–Trinajstić information content (AvgIpc) is 3.42. The molecule has 0 aliphatic heterocycles. The lowest BCUT2D eigenvalue weighted by Gasteiger charge is -2.32. The molecule has 0 bridgehead atoms. The van der Waals surface area contributed by atoms with Crippen molar-refractivity contribution in [2.24, 2.45) is 5.41 Å². The first kappa shape index (κ1) is 30.3. The van der Waals surface area contributed by atoms with E-state index in [1.54, 1.807) is 69.3 Å². The Morgan fingerprint density at radius 1 is 0.932 bits per heavy atom. The largest absolute Gasteiger partial charge is 0.489 e. The maximum atomic E-state index is 13.7. The summed E-state index contributed by atoms with van der Waals surface area (Å²) in [6.45, 7) is 6.48. The van der Waals surface area contributed by atoms with E-state index in [9.17, 15) is 19.2 Å². The topological polar surface area (TPSA) is 131 Å². The summed E-state index contributed by atoms with van der Waals surface area (Å²) in [7, 11) is 0. The Morgan fingerprint density at radius 2 is 1.66 bits per heavy atom.